The van der Waals surface area contributed by atoms with Crippen molar-refractivity contribution in [2.24, 2.45) is 5.92 Å². The zero-order valence-corrected chi connectivity index (χ0v) is 21.6. The second-order valence-corrected chi connectivity index (χ2v) is 9.79. The van der Waals surface area contributed by atoms with E-state index in [9.17, 15) is 19.5 Å². The predicted molar refractivity (Wildman–Crippen MR) is 136 cm³/mol. The van der Waals surface area contributed by atoms with Crippen molar-refractivity contribution in [3.8, 4) is 5.75 Å². The lowest BCUT2D eigenvalue weighted by atomic mass is 9.98. The van der Waals surface area contributed by atoms with E-state index >= 15 is 0 Å². The van der Waals surface area contributed by atoms with Gasteiger partial charge in [0.15, 0.2) is 0 Å². The van der Waals surface area contributed by atoms with Crippen LogP contribution in [-0.4, -0.2) is 46.1 Å². The quantitative estimate of drug-likeness (QED) is 0.501. The van der Waals surface area contributed by atoms with Gasteiger partial charge in [0.2, 0.25) is 5.91 Å². The molecule has 0 spiro atoms. The lowest BCUT2D eigenvalue weighted by Gasteiger charge is -2.35. The number of alkyl carbamates (subject to hydrolysis) is 1. The number of aromatic hydroxyl groups is 1. The molecule has 3 amide bonds. The Labute approximate surface area is 207 Å². The van der Waals surface area contributed by atoms with Crippen LogP contribution in [0.3, 0.4) is 0 Å². The summed E-state index contributed by atoms with van der Waals surface area (Å²) in [6.45, 7) is 12.7. The van der Waals surface area contributed by atoms with E-state index in [-0.39, 0.29) is 18.2 Å². The van der Waals surface area contributed by atoms with Crippen molar-refractivity contribution in [3.05, 3.63) is 59.7 Å². The summed E-state index contributed by atoms with van der Waals surface area (Å²) in [5.74, 6) is -1.02. The van der Waals surface area contributed by atoms with Crippen molar-refractivity contribution >= 4 is 23.6 Å². The van der Waals surface area contributed by atoms with Gasteiger partial charge in [0.05, 0.1) is 0 Å². The maximum Gasteiger partial charge on any atom is 0.408 e. The van der Waals surface area contributed by atoms with Crippen LogP contribution in [0.4, 0.5) is 10.5 Å². The SMILES string of the molecule is CCN(C(=O)C(NC(=O)OC(C)(C)C)C(C)C)C(C(=O)Nc1ccccc1C)c1ccc(O)cc1. The maximum atomic E-state index is 13.7. The van der Waals surface area contributed by atoms with Gasteiger partial charge in [0.25, 0.3) is 5.91 Å². The molecular formula is C27H37N3O5. The molecule has 3 N–H and O–H groups in total. The topological polar surface area (TPSA) is 108 Å². The van der Waals surface area contributed by atoms with Gasteiger partial charge in [-0.1, -0.05) is 44.2 Å². The number of phenolic OH excluding ortho intramolecular Hbond substituents is 1. The molecule has 2 unspecified atom stereocenters. The van der Waals surface area contributed by atoms with Gasteiger partial charge in [-0.25, -0.2) is 4.79 Å². The molecule has 0 aliphatic carbocycles. The normalized spacial score (nSPS) is 13.0. The fraction of sp³-hybridized carbons (Fsp3) is 0.444. The van der Waals surface area contributed by atoms with E-state index in [0.29, 0.717) is 11.3 Å². The second-order valence-electron chi connectivity index (χ2n) is 9.79. The molecule has 0 aromatic heterocycles. The lowest BCUT2D eigenvalue weighted by molar-refractivity contribution is -0.141. The molecule has 2 rings (SSSR count). The number of benzene rings is 2. The van der Waals surface area contributed by atoms with Crippen LogP contribution in [0.25, 0.3) is 0 Å². The van der Waals surface area contributed by atoms with Crippen molar-refractivity contribution in [2.45, 2.75) is 66.2 Å². The van der Waals surface area contributed by atoms with Crippen LogP contribution in [0.2, 0.25) is 0 Å². The molecular weight excluding hydrogens is 446 g/mol. The van der Waals surface area contributed by atoms with Crippen LogP contribution < -0.4 is 10.6 Å². The first kappa shape index (κ1) is 27.7. The minimum absolute atomic E-state index is 0.0489. The van der Waals surface area contributed by atoms with Gasteiger partial charge in [0, 0.05) is 12.2 Å². The van der Waals surface area contributed by atoms with Crippen LogP contribution in [0.1, 0.15) is 58.7 Å². The molecule has 35 heavy (non-hydrogen) atoms. The first-order valence-corrected chi connectivity index (χ1v) is 11.8. The van der Waals surface area contributed by atoms with Crippen LogP contribution in [0.15, 0.2) is 48.5 Å². The number of hydrogen-bond acceptors (Lipinski definition) is 5. The van der Waals surface area contributed by atoms with E-state index in [2.05, 4.69) is 10.6 Å². The number of phenols is 1. The van der Waals surface area contributed by atoms with E-state index in [1.54, 1.807) is 45.9 Å². The Morgan fingerprint density at radius 3 is 2.14 bits per heavy atom. The van der Waals surface area contributed by atoms with Gasteiger partial charge in [-0.05, 0) is 69.9 Å². The first-order valence-electron chi connectivity index (χ1n) is 11.8. The summed E-state index contributed by atoms with van der Waals surface area (Å²) in [7, 11) is 0. The smallest absolute Gasteiger partial charge is 0.408 e. The van der Waals surface area contributed by atoms with Crippen LogP contribution in [0.5, 0.6) is 5.75 Å². The highest BCUT2D eigenvalue weighted by molar-refractivity contribution is 5.99. The minimum atomic E-state index is -0.991. The third-order valence-corrected chi connectivity index (χ3v) is 5.40. The molecule has 8 heteroatoms. The fourth-order valence-electron chi connectivity index (χ4n) is 3.64. The number of nitrogens with zero attached hydrogens (tertiary/aromatic N) is 1. The lowest BCUT2D eigenvalue weighted by Crippen LogP contribution is -2.54. The number of hydrogen-bond donors (Lipinski definition) is 3. The molecule has 0 aliphatic rings. The summed E-state index contributed by atoms with van der Waals surface area (Å²) in [5.41, 5.74) is 1.33. The van der Waals surface area contributed by atoms with Gasteiger partial charge in [-0.15, -0.1) is 0 Å². The summed E-state index contributed by atoms with van der Waals surface area (Å²) in [6.07, 6.45) is -0.703. The number of carbonyl (C=O) groups excluding carboxylic acids is 3. The summed E-state index contributed by atoms with van der Waals surface area (Å²) in [6, 6.07) is 11.6. The Bertz CT molecular complexity index is 1030. The molecule has 2 aromatic rings. The van der Waals surface area contributed by atoms with Crippen LogP contribution >= 0.6 is 0 Å². The van der Waals surface area contributed by atoms with Gasteiger partial charge >= 0.3 is 6.09 Å². The van der Waals surface area contributed by atoms with E-state index in [1.807, 2.05) is 39.0 Å². The number of para-hydroxylation sites is 1. The van der Waals surface area contributed by atoms with Crippen molar-refractivity contribution in [1.29, 1.82) is 0 Å². The van der Waals surface area contributed by atoms with Gasteiger partial charge in [0.1, 0.15) is 23.4 Å². The highest BCUT2D eigenvalue weighted by Gasteiger charge is 2.37. The van der Waals surface area contributed by atoms with Crippen molar-refractivity contribution in [3.63, 3.8) is 0 Å². The van der Waals surface area contributed by atoms with Crippen LogP contribution in [-0.2, 0) is 14.3 Å². The average molecular weight is 484 g/mol. The predicted octanol–water partition coefficient (Wildman–Crippen LogP) is 4.78. The molecule has 8 nitrogen and oxygen atoms in total. The number of amides is 3. The maximum absolute atomic E-state index is 13.7. The van der Waals surface area contributed by atoms with Crippen molar-refractivity contribution in [1.82, 2.24) is 10.2 Å². The number of rotatable bonds is 8. The van der Waals surface area contributed by atoms with E-state index in [4.69, 9.17) is 4.74 Å². The summed E-state index contributed by atoms with van der Waals surface area (Å²) in [5, 5.41) is 15.4. The molecule has 0 radical (unpaired) electrons. The van der Waals surface area contributed by atoms with E-state index in [1.165, 1.54) is 17.0 Å². The molecule has 0 saturated heterocycles. The molecule has 0 saturated carbocycles. The highest BCUT2D eigenvalue weighted by atomic mass is 16.6. The molecule has 2 atom stereocenters. The van der Waals surface area contributed by atoms with Crippen LogP contribution in [0, 0.1) is 12.8 Å². The Balaban J connectivity index is 2.43. The standard InChI is InChI=1S/C27H37N3O5/c1-8-30(25(33)22(17(2)3)29-26(34)35-27(5,6)7)23(19-13-15-20(31)16-14-19)24(32)28-21-12-10-9-11-18(21)4/h9-17,22-23,31H,8H2,1-7H3,(H,28,32)(H,29,34). The monoisotopic (exact) mass is 483 g/mol. The Kier molecular flexibility index (Phi) is 9.28. The minimum Gasteiger partial charge on any atom is -0.508 e. The molecule has 0 fully saturated rings. The summed E-state index contributed by atoms with van der Waals surface area (Å²) < 4.78 is 5.35. The third kappa shape index (κ3) is 7.73. The molecule has 0 heterocycles. The molecule has 0 aliphatic heterocycles. The Hall–Kier alpha value is -3.55. The Morgan fingerprint density at radius 1 is 1.03 bits per heavy atom. The molecule has 190 valence electrons. The van der Waals surface area contributed by atoms with Gasteiger partial charge in [-0.2, -0.15) is 0 Å². The summed E-state index contributed by atoms with van der Waals surface area (Å²) in [4.78, 5) is 41.2. The number of ether oxygens (including phenoxy) is 1. The molecule has 0 bridgehead atoms. The number of nitrogens with one attached hydrogen (secondary N) is 2. The number of carbonyl (C=O) groups is 3. The average Bonchev–Trinajstić information content (AvgIpc) is 2.76. The van der Waals surface area contributed by atoms with Gasteiger partial charge in [-0.3, -0.25) is 9.59 Å². The second kappa shape index (κ2) is 11.7. The highest BCUT2D eigenvalue weighted by Crippen LogP contribution is 2.27. The Morgan fingerprint density at radius 2 is 1.63 bits per heavy atom. The largest absolute Gasteiger partial charge is 0.508 e. The third-order valence-electron chi connectivity index (χ3n) is 5.40. The zero-order chi connectivity index (χ0) is 26.3. The number of aryl methyl sites for hydroxylation is 1. The fourth-order valence-corrected chi connectivity index (χ4v) is 3.64. The number of anilines is 1. The summed E-state index contributed by atoms with van der Waals surface area (Å²) >= 11 is 0. The molecule has 2 aromatic carbocycles. The van der Waals surface area contributed by atoms with E-state index < -0.39 is 35.6 Å². The van der Waals surface area contributed by atoms with Crippen molar-refractivity contribution in [2.75, 3.05) is 11.9 Å². The first-order chi connectivity index (χ1) is 16.3. The zero-order valence-electron chi connectivity index (χ0n) is 21.6. The van der Waals surface area contributed by atoms with E-state index in [0.717, 1.165) is 5.56 Å². The number of likely N-dealkylation sites (N-methyl/N-ethyl adjacent to an activating group) is 1. The van der Waals surface area contributed by atoms with Crippen molar-refractivity contribution < 1.29 is 24.2 Å². The van der Waals surface area contributed by atoms with Gasteiger partial charge < -0.3 is 25.4 Å².